The lowest BCUT2D eigenvalue weighted by atomic mass is 9.79. The van der Waals surface area contributed by atoms with Crippen molar-refractivity contribution < 1.29 is 41.1 Å². The molecule has 0 radical (unpaired) electrons. The second-order valence-electron chi connectivity index (χ2n) is 11.5. The van der Waals surface area contributed by atoms with Crippen LogP contribution in [-0.4, -0.2) is 66.3 Å². The number of benzene rings is 1. The van der Waals surface area contributed by atoms with E-state index < -0.39 is 66.1 Å². The number of alkyl halides is 5. The van der Waals surface area contributed by atoms with Crippen molar-refractivity contribution in [3.63, 3.8) is 0 Å². The van der Waals surface area contributed by atoms with Crippen LogP contribution in [0.1, 0.15) is 55.3 Å². The first kappa shape index (κ1) is 33.1. The number of hydrogen-bond acceptors (Lipinski definition) is 5. The van der Waals surface area contributed by atoms with Gasteiger partial charge in [-0.3, -0.25) is 9.59 Å². The van der Waals surface area contributed by atoms with Gasteiger partial charge in [0.15, 0.2) is 0 Å². The van der Waals surface area contributed by atoms with Crippen molar-refractivity contribution in [2.45, 2.75) is 69.8 Å². The van der Waals surface area contributed by atoms with Gasteiger partial charge in [-0.05, 0) is 49.3 Å². The molecule has 1 aromatic carbocycles. The molecule has 1 aliphatic carbocycles. The number of nitrogens with one attached hydrogen (secondary N) is 3. The van der Waals surface area contributed by atoms with E-state index in [9.17, 15) is 27.6 Å². The summed E-state index contributed by atoms with van der Waals surface area (Å²) in [5, 5.41) is 6.78. The van der Waals surface area contributed by atoms with Crippen molar-refractivity contribution in [2.24, 2.45) is 11.8 Å². The summed E-state index contributed by atoms with van der Waals surface area (Å²) >= 11 is 0. The third-order valence-corrected chi connectivity index (χ3v) is 8.25. The zero-order valence-corrected chi connectivity index (χ0v) is 24.6. The van der Waals surface area contributed by atoms with Crippen molar-refractivity contribution >= 4 is 23.7 Å². The summed E-state index contributed by atoms with van der Waals surface area (Å²) in [4.78, 5) is 44.0. The van der Waals surface area contributed by atoms with Crippen LogP contribution in [0.4, 0.5) is 32.6 Å². The highest BCUT2D eigenvalue weighted by Crippen LogP contribution is 2.34. The molecule has 3 atom stereocenters. The fourth-order valence-electron chi connectivity index (χ4n) is 5.60. The maximum absolute atomic E-state index is 15.2. The summed E-state index contributed by atoms with van der Waals surface area (Å²) in [5.74, 6) is -6.33. The van der Waals surface area contributed by atoms with Gasteiger partial charge in [-0.25, -0.2) is 9.78 Å². The van der Waals surface area contributed by atoms with E-state index in [1.807, 2.05) is 5.32 Å². The van der Waals surface area contributed by atoms with Gasteiger partial charge in [0.1, 0.15) is 17.9 Å². The average molecular weight is 626 g/mol. The molecule has 4 amide bonds. The number of nitrogens with zero attached hydrogens (tertiary/aromatic N) is 2. The SMILES string of the molecule is COC[C@H](c1ccnc(NC(=O)C(NC(=O)C(F)(F)c2ccc(C)cc2)C2CCC(C)CC2)c1)N1C[C@@H](C(F)(F)F)NC1=O. The molecule has 14 heteroatoms. The second-order valence-corrected chi connectivity index (χ2v) is 11.5. The zero-order chi connectivity index (χ0) is 32.2. The van der Waals surface area contributed by atoms with Crippen LogP contribution in [0.25, 0.3) is 0 Å². The summed E-state index contributed by atoms with van der Waals surface area (Å²) in [7, 11) is 1.33. The lowest BCUT2D eigenvalue weighted by Gasteiger charge is -2.33. The number of hydrogen-bond donors (Lipinski definition) is 3. The van der Waals surface area contributed by atoms with Crippen LogP contribution in [-0.2, 0) is 20.2 Å². The number of aryl methyl sites for hydroxylation is 1. The fourth-order valence-corrected chi connectivity index (χ4v) is 5.60. The van der Waals surface area contributed by atoms with Crippen LogP contribution in [0, 0.1) is 18.8 Å². The predicted octanol–water partition coefficient (Wildman–Crippen LogP) is 5.08. The largest absolute Gasteiger partial charge is 0.410 e. The Morgan fingerprint density at radius 3 is 2.34 bits per heavy atom. The first-order chi connectivity index (χ1) is 20.7. The van der Waals surface area contributed by atoms with Crippen LogP contribution in [0.2, 0.25) is 0 Å². The van der Waals surface area contributed by atoms with E-state index in [1.165, 1.54) is 37.6 Å². The molecule has 1 aromatic heterocycles. The Balaban J connectivity index is 1.55. The van der Waals surface area contributed by atoms with Crippen LogP contribution >= 0.6 is 0 Å². The highest BCUT2D eigenvalue weighted by molar-refractivity contribution is 5.98. The van der Waals surface area contributed by atoms with Crippen LogP contribution in [0.15, 0.2) is 42.6 Å². The van der Waals surface area contributed by atoms with Gasteiger partial charge in [0.25, 0.3) is 5.91 Å². The van der Waals surface area contributed by atoms with E-state index in [1.54, 1.807) is 6.92 Å². The Labute approximate surface area is 251 Å². The number of halogens is 5. The maximum Gasteiger partial charge on any atom is 0.410 e. The number of urea groups is 1. The van der Waals surface area contributed by atoms with Gasteiger partial charge in [-0.1, -0.05) is 49.6 Å². The van der Waals surface area contributed by atoms with Crippen LogP contribution in [0.5, 0.6) is 0 Å². The molecule has 2 aliphatic rings. The highest BCUT2D eigenvalue weighted by Gasteiger charge is 2.49. The maximum atomic E-state index is 15.2. The minimum Gasteiger partial charge on any atom is -0.382 e. The van der Waals surface area contributed by atoms with Gasteiger partial charge in [-0.15, -0.1) is 0 Å². The number of ether oxygens (including phenoxy) is 1. The summed E-state index contributed by atoms with van der Waals surface area (Å²) in [5.41, 5.74) is 0.564. The number of carbonyl (C=O) groups is 3. The Kier molecular flexibility index (Phi) is 10.1. The standard InChI is InChI=1S/C30H36F5N5O4/c1-17-4-8-19(9-5-17)25(39-27(42)29(31,32)21-10-6-18(2)7-11-21)26(41)38-24-14-20(12-13-36-24)22(16-44-3)40-15-23(30(33,34)35)37-28(40)43/h6-7,10-14,17,19,22-23,25H,4-5,8-9,15-16H2,1-3H3,(H,37,43)(H,39,42)(H,36,38,41)/t17?,19?,22-,23+,25?/m1/s1. The van der Waals surface area contributed by atoms with E-state index in [2.05, 4.69) is 22.5 Å². The van der Waals surface area contributed by atoms with E-state index in [4.69, 9.17) is 4.74 Å². The Morgan fingerprint density at radius 1 is 1.09 bits per heavy atom. The van der Waals surface area contributed by atoms with Crippen molar-refractivity contribution in [3.05, 3.63) is 59.3 Å². The minimum absolute atomic E-state index is 0.0331. The highest BCUT2D eigenvalue weighted by atomic mass is 19.4. The van der Waals surface area contributed by atoms with Gasteiger partial charge < -0.3 is 25.6 Å². The van der Waals surface area contributed by atoms with Gasteiger partial charge in [-0.2, -0.15) is 22.0 Å². The molecule has 2 fully saturated rings. The van der Waals surface area contributed by atoms with Crippen molar-refractivity contribution in [1.29, 1.82) is 0 Å². The lowest BCUT2D eigenvalue weighted by Crippen LogP contribution is -2.53. The number of amides is 4. The predicted molar refractivity (Wildman–Crippen MR) is 151 cm³/mol. The molecule has 2 heterocycles. The fraction of sp³-hybridized carbons (Fsp3) is 0.533. The molecule has 44 heavy (non-hydrogen) atoms. The molecule has 0 spiro atoms. The number of methoxy groups -OCH3 is 1. The number of aromatic nitrogens is 1. The van der Waals surface area contributed by atoms with E-state index in [0.717, 1.165) is 35.4 Å². The van der Waals surface area contributed by atoms with Crippen molar-refractivity contribution in [1.82, 2.24) is 20.5 Å². The first-order valence-corrected chi connectivity index (χ1v) is 14.4. The molecule has 3 N–H and O–H groups in total. The number of anilines is 1. The van der Waals surface area contributed by atoms with Crippen LogP contribution < -0.4 is 16.0 Å². The van der Waals surface area contributed by atoms with E-state index in [-0.39, 0.29) is 12.4 Å². The van der Waals surface area contributed by atoms with Crippen molar-refractivity contribution in [2.75, 3.05) is 25.6 Å². The minimum atomic E-state index is -4.65. The molecule has 1 saturated carbocycles. The van der Waals surface area contributed by atoms with Gasteiger partial charge in [0.2, 0.25) is 5.91 Å². The smallest absolute Gasteiger partial charge is 0.382 e. The molecule has 1 saturated heterocycles. The average Bonchev–Trinajstić information content (AvgIpc) is 3.37. The molecule has 1 unspecified atom stereocenters. The van der Waals surface area contributed by atoms with E-state index >= 15 is 8.78 Å². The molecule has 2 aromatic rings. The normalized spacial score (nSPS) is 22.2. The summed E-state index contributed by atoms with van der Waals surface area (Å²) < 4.78 is 75.4. The molecule has 4 rings (SSSR count). The molecule has 1 aliphatic heterocycles. The van der Waals surface area contributed by atoms with Gasteiger partial charge >= 0.3 is 18.1 Å². The number of rotatable bonds is 10. The Morgan fingerprint density at radius 2 is 1.75 bits per heavy atom. The summed E-state index contributed by atoms with van der Waals surface area (Å²) in [6.07, 6.45) is -0.785. The van der Waals surface area contributed by atoms with E-state index in [0.29, 0.717) is 24.3 Å². The molecule has 0 bridgehead atoms. The number of pyridine rings is 1. The van der Waals surface area contributed by atoms with Crippen molar-refractivity contribution in [3.8, 4) is 0 Å². The van der Waals surface area contributed by atoms with Gasteiger partial charge in [0, 0.05) is 18.9 Å². The third-order valence-electron chi connectivity index (χ3n) is 8.25. The zero-order valence-electron chi connectivity index (χ0n) is 24.6. The van der Waals surface area contributed by atoms with Gasteiger partial charge in [0.05, 0.1) is 19.2 Å². The quantitative estimate of drug-likeness (QED) is 0.319. The lowest BCUT2D eigenvalue weighted by molar-refractivity contribution is -0.150. The van der Waals surface area contributed by atoms with Crippen LogP contribution in [0.3, 0.4) is 0 Å². The molecule has 9 nitrogen and oxygen atoms in total. The molecular formula is C30H36F5N5O4. The summed E-state index contributed by atoms with van der Waals surface area (Å²) in [6, 6.07) is 2.86. The summed E-state index contributed by atoms with van der Waals surface area (Å²) in [6.45, 7) is 2.98. The topological polar surface area (TPSA) is 113 Å². The number of carbonyl (C=O) groups excluding carboxylic acids is 3. The Bertz CT molecular complexity index is 1330. The third kappa shape index (κ3) is 7.63. The Hall–Kier alpha value is -3.81. The first-order valence-electron chi connectivity index (χ1n) is 14.4. The molecule has 240 valence electrons. The molecular weight excluding hydrogens is 589 g/mol. The monoisotopic (exact) mass is 625 g/mol. The second kappa shape index (κ2) is 13.4.